The molecular weight excluding hydrogens is 763 g/mol. The topological polar surface area (TPSA) is 13.1 Å². The van der Waals surface area contributed by atoms with E-state index in [2.05, 4.69) is 251 Å². The predicted molar refractivity (Wildman–Crippen MR) is 266 cm³/mol. The quantitative estimate of drug-likeness (QED) is 0.149. The van der Waals surface area contributed by atoms with Crippen LogP contribution in [0.4, 0.5) is 11.4 Å². The van der Waals surface area contributed by atoms with Gasteiger partial charge in [-0.1, -0.05) is 152 Å². The molecule has 12 rings (SSSR count). The first-order valence-corrected chi connectivity index (χ1v) is 21.9. The van der Waals surface area contributed by atoms with Crippen molar-refractivity contribution in [3.8, 4) is 33.6 Å². The minimum atomic E-state index is 0.927. The summed E-state index contributed by atoms with van der Waals surface area (Å²) in [6, 6.07) is 81.6. The molecule has 0 amide bonds. The minimum Gasteiger partial charge on any atom is -0.314 e. The van der Waals surface area contributed by atoms with Crippen LogP contribution >= 0.6 is 0 Å². The molecule has 1 aliphatic carbocycles. The lowest BCUT2D eigenvalue weighted by Crippen LogP contribution is -2.18. The molecule has 0 unspecified atom stereocenters. The molecule has 0 saturated heterocycles. The molecule has 11 aromatic rings. The predicted octanol–water partition coefficient (Wildman–Crippen LogP) is 16.1. The molecule has 3 nitrogen and oxygen atoms in total. The third-order valence-corrected chi connectivity index (χ3v) is 12.8. The van der Waals surface area contributed by atoms with Crippen molar-refractivity contribution in [2.75, 3.05) is 4.90 Å². The van der Waals surface area contributed by atoms with Crippen LogP contribution in [0.3, 0.4) is 0 Å². The maximum absolute atomic E-state index is 2.46. The van der Waals surface area contributed by atoms with Gasteiger partial charge in [0.1, 0.15) is 0 Å². The van der Waals surface area contributed by atoms with Crippen molar-refractivity contribution in [2.24, 2.45) is 0 Å². The number of allylic oxidation sites excluding steroid dienone is 4. The second-order valence-electron chi connectivity index (χ2n) is 16.5. The highest BCUT2D eigenvalue weighted by atomic mass is 15.1. The monoisotopic (exact) mass is 805 g/mol. The number of rotatable bonds is 8. The van der Waals surface area contributed by atoms with Crippen molar-refractivity contribution < 1.29 is 0 Å². The number of para-hydroxylation sites is 4. The molecule has 0 aliphatic heterocycles. The van der Waals surface area contributed by atoms with Gasteiger partial charge in [-0.15, -0.1) is 0 Å². The second-order valence-corrected chi connectivity index (χ2v) is 16.5. The lowest BCUT2D eigenvalue weighted by Gasteiger charge is -2.30. The van der Waals surface area contributed by atoms with E-state index in [1.807, 2.05) is 0 Å². The van der Waals surface area contributed by atoms with Crippen molar-refractivity contribution in [1.29, 1.82) is 0 Å². The summed E-state index contributed by atoms with van der Waals surface area (Å²) in [6.45, 7) is 0. The van der Waals surface area contributed by atoms with E-state index in [4.69, 9.17) is 0 Å². The standard InChI is InChI=1S/C60H43N3/c1-3-14-42(15-4-1)43-26-28-44(29-27-43)45-30-33-49(34-31-45)61(50-35-37-51(38-36-50)63-57-23-10-7-20-53(57)54-21-8-11-24-58(54)63)52-19-13-16-46(40-52)47-32-39-60-56(41-47)55-22-9-12-25-59(55)62(60)48-17-5-2-6-18-48/h1-12,14-18,20-41H,13,19H2. The molecule has 0 atom stereocenters. The van der Waals surface area contributed by atoms with E-state index in [0.717, 1.165) is 29.9 Å². The first-order valence-electron chi connectivity index (χ1n) is 21.9. The SMILES string of the molecule is C1=C(c2ccc3c(c2)c2ccccc2n3-c2ccccc2)C=C(N(c2ccc(-c3ccc(-c4ccccc4)cc3)cc2)c2ccc(-n3c4ccccc4c4ccccc43)cc2)CC1. The fraction of sp³-hybridized carbons (Fsp3) is 0.0333. The maximum atomic E-state index is 2.46. The second kappa shape index (κ2) is 15.4. The van der Waals surface area contributed by atoms with Gasteiger partial charge in [0.2, 0.25) is 0 Å². The Morgan fingerprint density at radius 3 is 1.32 bits per heavy atom. The Labute approximate surface area is 367 Å². The molecule has 3 heteroatoms. The van der Waals surface area contributed by atoms with E-state index in [1.54, 1.807) is 0 Å². The highest BCUT2D eigenvalue weighted by Gasteiger charge is 2.21. The van der Waals surface area contributed by atoms with Crippen LogP contribution in [0.5, 0.6) is 0 Å². The van der Waals surface area contributed by atoms with Gasteiger partial charge in [-0.25, -0.2) is 0 Å². The van der Waals surface area contributed by atoms with Gasteiger partial charge in [0.15, 0.2) is 0 Å². The molecule has 0 radical (unpaired) electrons. The molecule has 63 heavy (non-hydrogen) atoms. The Morgan fingerprint density at radius 1 is 0.333 bits per heavy atom. The minimum absolute atomic E-state index is 0.927. The summed E-state index contributed by atoms with van der Waals surface area (Å²) in [6.07, 6.45) is 6.70. The molecule has 2 aromatic heterocycles. The molecular formula is C60H43N3. The van der Waals surface area contributed by atoms with Crippen LogP contribution in [0.25, 0.3) is 82.8 Å². The number of nitrogens with zero attached hydrogens (tertiary/aromatic N) is 3. The lowest BCUT2D eigenvalue weighted by molar-refractivity contribution is 0.921. The highest BCUT2D eigenvalue weighted by Crippen LogP contribution is 2.40. The van der Waals surface area contributed by atoms with Crippen LogP contribution in [-0.4, -0.2) is 9.13 Å². The van der Waals surface area contributed by atoms with Gasteiger partial charge >= 0.3 is 0 Å². The average Bonchev–Trinajstić information content (AvgIpc) is 3.88. The summed E-state index contributed by atoms with van der Waals surface area (Å²) in [4.78, 5) is 2.46. The van der Waals surface area contributed by atoms with Crippen LogP contribution in [-0.2, 0) is 0 Å². The first kappa shape index (κ1) is 36.7. The zero-order valence-electron chi connectivity index (χ0n) is 34.8. The Kier molecular flexibility index (Phi) is 8.97. The third kappa shape index (κ3) is 6.45. The van der Waals surface area contributed by atoms with Crippen LogP contribution in [0.1, 0.15) is 18.4 Å². The van der Waals surface area contributed by atoms with E-state index in [9.17, 15) is 0 Å². The zero-order valence-corrected chi connectivity index (χ0v) is 34.8. The number of fused-ring (bicyclic) bond motifs is 6. The molecule has 0 fully saturated rings. The van der Waals surface area contributed by atoms with Crippen LogP contribution in [0, 0.1) is 0 Å². The van der Waals surface area contributed by atoms with Crippen LogP contribution in [0.15, 0.2) is 242 Å². The van der Waals surface area contributed by atoms with Crippen LogP contribution in [0.2, 0.25) is 0 Å². The number of hydrogen-bond acceptors (Lipinski definition) is 1. The van der Waals surface area contributed by atoms with Crippen molar-refractivity contribution in [2.45, 2.75) is 12.8 Å². The normalized spacial score (nSPS) is 12.8. The van der Waals surface area contributed by atoms with Crippen molar-refractivity contribution in [3.63, 3.8) is 0 Å². The fourth-order valence-electron chi connectivity index (χ4n) is 9.79. The molecule has 298 valence electrons. The molecule has 9 aromatic carbocycles. The smallest absolute Gasteiger partial charge is 0.0541 e. The molecule has 1 aliphatic rings. The largest absolute Gasteiger partial charge is 0.314 e. The molecule has 2 heterocycles. The van der Waals surface area contributed by atoms with Crippen LogP contribution < -0.4 is 4.90 Å². The van der Waals surface area contributed by atoms with Crippen molar-refractivity contribution >= 4 is 60.6 Å². The summed E-state index contributed by atoms with van der Waals surface area (Å²) in [5.41, 5.74) is 18.0. The Hall–Kier alpha value is -8.14. The van der Waals surface area contributed by atoms with E-state index in [0.29, 0.717) is 0 Å². The number of aromatic nitrogens is 2. The average molecular weight is 806 g/mol. The first-order chi connectivity index (χ1) is 31.2. The summed E-state index contributed by atoms with van der Waals surface area (Å²) in [5.74, 6) is 0. The van der Waals surface area contributed by atoms with Gasteiger partial charge in [-0.3, -0.25) is 0 Å². The van der Waals surface area contributed by atoms with Crippen molar-refractivity contribution in [3.05, 3.63) is 248 Å². The Morgan fingerprint density at radius 2 is 0.746 bits per heavy atom. The van der Waals surface area contributed by atoms with E-state index >= 15 is 0 Å². The van der Waals surface area contributed by atoms with Gasteiger partial charge in [0.05, 0.1) is 22.1 Å². The maximum Gasteiger partial charge on any atom is 0.0541 e. The highest BCUT2D eigenvalue weighted by molar-refractivity contribution is 6.11. The summed E-state index contributed by atoms with van der Waals surface area (Å²) >= 11 is 0. The fourth-order valence-corrected chi connectivity index (χ4v) is 9.79. The molecule has 0 spiro atoms. The number of hydrogen-bond donors (Lipinski definition) is 0. The zero-order chi connectivity index (χ0) is 41.7. The van der Waals surface area contributed by atoms with E-state index in [-0.39, 0.29) is 0 Å². The molecule has 0 bridgehead atoms. The summed E-state index contributed by atoms with van der Waals surface area (Å²) < 4.78 is 4.78. The summed E-state index contributed by atoms with van der Waals surface area (Å²) in [5, 5.41) is 5.06. The van der Waals surface area contributed by atoms with Gasteiger partial charge in [0, 0.05) is 50.0 Å². The molecule has 0 N–H and O–H groups in total. The summed E-state index contributed by atoms with van der Waals surface area (Å²) in [7, 11) is 0. The van der Waals surface area contributed by atoms with Gasteiger partial charge in [-0.2, -0.15) is 0 Å². The third-order valence-electron chi connectivity index (χ3n) is 12.8. The van der Waals surface area contributed by atoms with Gasteiger partial charge < -0.3 is 14.0 Å². The number of anilines is 2. The van der Waals surface area contributed by atoms with E-state index < -0.39 is 0 Å². The van der Waals surface area contributed by atoms with Crippen molar-refractivity contribution in [1.82, 2.24) is 9.13 Å². The molecule has 0 saturated carbocycles. The number of benzene rings is 9. The Balaban J connectivity index is 0.944. The van der Waals surface area contributed by atoms with Gasteiger partial charge in [0.25, 0.3) is 0 Å². The van der Waals surface area contributed by atoms with Gasteiger partial charge in [-0.05, 0) is 131 Å². The van der Waals surface area contributed by atoms with E-state index in [1.165, 1.54) is 88.4 Å². The lowest BCUT2D eigenvalue weighted by atomic mass is 9.95. The Bertz CT molecular complexity index is 3460.